The van der Waals surface area contributed by atoms with E-state index in [4.69, 9.17) is 14.5 Å². The zero-order valence-corrected chi connectivity index (χ0v) is 26.9. The Labute approximate surface area is 273 Å². The molecule has 6 rings (SSSR count). The molecular formula is C33H42BFN4O8. The third-order valence-electron chi connectivity index (χ3n) is 9.07. The van der Waals surface area contributed by atoms with E-state index in [2.05, 4.69) is 10.6 Å². The molecule has 0 aromatic heterocycles. The van der Waals surface area contributed by atoms with Gasteiger partial charge in [-0.05, 0) is 61.6 Å². The van der Waals surface area contributed by atoms with Gasteiger partial charge in [-0.3, -0.25) is 14.5 Å². The molecule has 4 aliphatic rings. The normalized spacial score (nSPS) is 20.8. The number of para-hydroxylation sites is 1. The summed E-state index contributed by atoms with van der Waals surface area (Å²) in [5.74, 6) is -1.16. The van der Waals surface area contributed by atoms with Gasteiger partial charge in [0, 0.05) is 24.2 Å². The highest BCUT2D eigenvalue weighted by Gasteiger charge is 2.45. The summed E-state index contributed by atoms with van der Waals surface area (Å²) in [5.41, 5.74) is 1.39. The first-order valence-electron chi connectivity index (χ1n) is 16.1. The third kappa shape index (κ3) is 7.81. The predicted octanol–water partition coefficient (Wildman–Crippen LogP) is 4.15. The molecule has 12 nitrogen and oxygen atoms in total. The van der Waals surface area contributed by atoms with Crippen molar-refractivity contribution < 1.29 is 43.1 Å². The van der Waals surface area contributed by atoms with Gasteiger partial charge in [0.15, 0.2) is 0 Å². The maximum atomic E-state index is 13.6. The van der Waals surface area contributed by atoms with Gasteiger partial charge in [0.25, 0.3) is 0 Å². The average Bonchev–Trinajstić information content (AvgIpc) is 3.83. The SMILES string of the molecule is CC(C)(C)C(NC(=O)OC1CCCC1)C(=O)N1CCCC1C(=O)NC1B(O)Oc2ccccc21.O=C(O)N1Cc2cccc(F)c2C1. The second-order valence-corrected chi connectivity index (χ2v) is 13.5. The smallest absolute Gasteiger partial charge is 0.534 e. The van der Waals surface area contributed by atoms with Crippen molar-refractivity contribution in [3.8, 4) is 5.75 Å². The van der Waals surface area contributed by atoms with Crippen molar-refractivity contribution in [3.05, 3.63) is 65.0 Å². The Morgan fingerprint density at radius 3 is 2.43 bits per heavy atom. The Morgan fingerprint density at radius 1 is 1.02 bits per heavy atom. The zero-order valence-electron chi connectivity index (χ0n) is 26.9. The number of nitrogens with one attached hydrogen (secondary N) is 2. The number of hydrogen-bond acceptors (Lipinski definition) is 7. The molecule has 2 aromatic carbocycles. The van der Waals surface area contributed by atoms with Gasteiger partial charge < -0.3 is 35.1 Å². The first-order chi connectivity index (χ1) is 22.3. The largest absolute Gasteiger partial charge is 0.551 e. The second kappa shape index (κ2) is 14.2. The van der Waals surface area contributed by atoms with E-state index in [1.54, 1.807) is 30.3 Å². The first kappa shape index (κ1) is 34.0. The summed E-state index contributed by atoms with van der Waals surface area (Å²) in [6.07, 6.45) is 3.23. The molecule has 47 heavy (non-hydrogen) atoms. The van der Waals surface area contributed by atoms with Crippen LogP contribution in [0.5, 0.6) is 5.75 Å². The molecule has 2 fully saturated rings. The van der Waals surface area contributed by atoms with Crippen LogP contribution in [-0.2, 0) is 27.4 Å². The number of hydrogen-bond donors (Lipinski definition) is 4. The minimum atomic E-state index is -1.19. The molecule has 1 aliphatic carbocycles. The molecular weight excluding hydrogens is 610 g/mol. The average molecular weight is 653 g/mol. The first-order valence-corrected chi connectivity index (χ1v) is 16.1. The number of halogens is 1. The Bertz CT molecular complexity index is 1500. The number of amides is 4. The summed E-state index contributed by atoms with van der Waals surface area (Å²) in [4.78, 5) is 52.7. The van der Waals surface area contributed by atoms with Gasteiger partial charge >= 0.3 is 19.3 Å². The van der Waals surface area contributed by atoms with Crippen LogP contribution in [0.2, 0.25) is 0 Å². The summed E-state index contributed by atoms with van der Waals surface area (Å²) in [7, 11) is -1.19. The molecule has 3 heterocycles. The summed E-state index contributed by atoms with van der Waals surface area (Å²) < 4.78 is 24.1. The van der Waals surface area contributed by atoms with Gasteiger partial charge in [-0.15, -0.1) is 0 Å². The van der Waals surface area contributed by atoms with Crippen LogP contribution in [0.15, 0.2) is 42.5 Å². The van der Waals surface area contributed by atoms with Crippen LogP contribution in [0, 0.1) is 11.2 Å². The van der Waals surface area contributed by atoms with Crippen LogP contribution in [-0.4, -0.2) is 75.8 Å². The molecule has 3 aliphatic heterocycles. The molecule has 14 heteroatoms. The van der Waals surface area contributed by atoms with E-state index in [-0.39, 0.29) is 30.3 Å². The Balaban J connectivity index is 0.000000277. The number of carbonyl (C=O) groups excluding carboxylic acids is 3. The quantitative estimate of drug-likeness (QED) is 0.351. The van der Waals surface area contributed by atoms with Crippen LogP contribution in [0.3, 0.4) is 0 Å². The molecule has 1 saturated carbocycles. The van der Waals surface area contributed by atoms with Crippen molar-refractivity contribution in [3.63, 3.8) is 0 Å². The molecule has 0 radical (unpaired) electrons. The van der Waals surface area contributed by atoms with Crippen molar-refractivity contribution in [1.29, 1.82) is 0 Å². The second-order valence-electron chi connectivity index (χ2n) is 13.5. The van der Waals surface area contributed by atoms with E-state index in [0.717, 1.165) is 31.2 Å². The fraction of sp³-hybridized carbons (Fsp3) is 0.515. The van der Waals surface area contributed by atoms with Gasteiger partial charge in [0.05, 0.1) is 6.54 Å². The molecule has 2 aromatic rings. The summed E-state index contributed by atoms with van der Waals surface area (Å²) in [5, 5.41) is 24.6. The van der Waals surface area contributed by atoms with Gasteiger partial charge in [0.2, 0.25) is 11.8 Å². The van der Waals surface area contributed by atoms with Crippen LogP contribution >= 0.6 is 0 Å². The highest BCUT2D eigenvalue weighted by molar-refractivity contribution is 6.47. The van der Waals surface area contributed by atoms with Gasteiger partial charge in [-0.25, -0.2) is 14.0 Å². The van der Waals surface area contributed by atoms with Crippen LogP contribution in [0.1, 0.15) is 81.9 Å². The van der Waals surface area contributed by atoms with Crippen LogP contribution in [0.25, 0.3) is 0 Å². The van der Waals surface area contributed by atoms with Crippen LogP contribution < -0.4 is 15.3 Å². The molecule has 252 valence electrons. The number of carbonyl (C=O) groups is 4. The zero-order chi connectivity index (χ0) is 33.9. The number of rotatable bonds is 5. The van der Waals surface area contributed by atoms with E-state index in [1.807, 2.05) is 26.8 Å². The van der Waals surface area contributed by atoms with Gasteiger partial charge in [-0.2, -0.15) is 0 Å². The van der Waals surface area contributed by atoms with E-state index in [0.29, 0.717) is 42.8 Å². The fourth-order valence-electron chi connectivity index (χ4n) is 6.54. The monoisotopic (exact) mass is 652 g/mol. The summed E-state index contributed by atoms with van der Waals surface area (Å²) >= 11 is 0. The molecule has 4 N–H and O–H groups in total. The lowest BCUT2D eigenvalue weighted by Gasteiger charge is -2.35. The van der Waals surface area contributed by atoms with Gasteiger partial charge in [0.1, 0.15) is 35.7 Å². The maximum Gasteiger partial charge on any atom is 0.551 e. The molecule has 0 spiro atoms. The van der Waals surface area contributed by atoms with E-state index in [9.17, 15) is 28.6 Å². The number of benzene rings is 2. The number of carboxylic acid groups (broad SMARTS) is 1. The number of alkyl carbamates (subject to hydrolysis) is 1. The van der Waals surface area contributed by atoms with Crippen LogP contribution in [0.4, 0.5) is 14.0 Å². The lowest BCUT2D eigenvalue weighted by atomic mass is 9.77. The molecule has 1 saturated heterocycles. The predicted molar refractivity (Wildman–Crippen MR) is 169 cm³/mol. The molecule has 0 bridgehead atoms. The van der Waals surface area contributed by atoms with Gasteiger partial charge in [-0.1, -0.05) is 51.1 Å². The lowest BCUT2D eigenvalue weighted by molar-refractivity contribution is -0.142. The molecule has 3 atom stereocenters. The minimum Gasteiger partial charge on any atom is -0.534 e. The molecule has 4 amide bonds. The summed E-state index contributed by atoms with van der Waals surface area (Å²) in [6, 6.07) is 10.3. The Morgan fingerprint density at radius 2 is 1.74 bits per heavy atom. The van der Waals surface area contributed by atoms with E-state index < -0.39 is 42.7 Å². The lowest BCUT2D eigenvalue weighted by Crippen LogP contribution is -2.58. The van der Waals surface area contributed by atoms with E-state index >= 15 is 0 Å². The van der Waals surface area contributed by atoms with Crippen molar-refractivity contribution >= 4 is 31.1 Å². The minimum absolute atomic E-state index is 0.107. The third-order valence-corrected chi connectivity index (χ3v) is 9.07. The van der Waals surface area contributed by atoms with E-state index in [1.165, 1.54) is 15.9 Å². The fourth-order valence-corrected chi connectivity index (χ4v) is 6.54. The number of fused-ring (bicyclic) bond motifs is 2. The highest BCUT2D eigenvalue weighted by Crippen LogP contribution is 2.34. The topological polar surface area (TPSA) is 158 Å². The van der Waals surface area contributed by atoms with Crippen molar-refractivity contribution in [1.82, 2.24) is 20.4 Å². The Kier molecular flexibility index (Phi) is 10.3. The standard InChI is InChI=1S/C24H34BN3O6.C9H8FNO2/c1-24(2,3)19(26-23(31)33-15-9-4-5-10-15)22(30)28-14-8-12-17(28)21(29)27-20-16-11-6-7-13-18(16)34-25(20)32;10-8-3-1-2-6-4-11(9(12)13)5-7(6)8/h6-7,11,13,15,17,19-20,32H,4-5,8-10,12,14H2,1-3H3,(H,26,31)(H,27,29);1-3H,4-5H2,(H,12,13). The van der Waals surface area contributed by atoms with Crippen molar-refractivity contribution in [2.45, 2.75) is 96.5 Å². The summed E-state index contributed by atoms with van der Waals surface area (Å²) in [6.45, 7) is 6.50. The Hall–Kier alpha value is -4.33. The highest BCUT2D eigenvalue weighted by atomic mass is 19.1. The van der Waals surface area contributed by atoms with Crippen molar-refractivity contribution in [2.24, 2.45) is 5.41 Å². The molecule has 3 unspecified atom stereocenters. The maximum absolute atomic E-state index is 13.6. The number of ether oxygens (including phenoxy) is 1. The number of nitrogens with zero attached hydrogens (tertiary/aromatic N) is 2. The van der Waals surface area contributed by atoms with Crippen molar-refractivity contribution in [2.75, 3.05) is 6.54 Å². The number of likely N-dealkylation sites (tertiary alicyclic amines) is 1.